The highest BCUT2D eigenvalue weighted by Gasteiger charge is 2.06. The number of pyridine rings is 1. The fourth-order valence-corrected chi connectivity index (χ4v) is 0.927. The number of hydrogen-bond donors (Lipinski definition) is 1. The number of hydrogen-bond acceptors (Lipinski definition) is 4. The maximum Gasteiger partial charge on any atom is 0.264 e. The summed E-state index contributed by atoms with van der Waals surface area (Å²) in [4.78, 5) is 17.1. The van der Waals surface area contributed by atoms with Crippen molar-refractivity contribution < 1.29 is 4.79 Å². The molecule has 5 heteroatoms. The molecule has 1 rings (SSSR count). The summed E-state index contributed by atoms with van der Waals surface area (Å²) in [5.41, 5.74) is 0.422. The summed E-state index contributed by atoms with van der Waals surface area (Å²) in [7, 11) is 3.66. The molecular weight excluding hydrogens is 180 g/mol. The van der Waals surface area contributed by atoms with E-state index in [4.69, 9.17) is 5.26 Å². The average Bonchev–Trinajstić information content (AvgIpc) is 2.18. The Bertz CT molecular complexity index is 381. The number of nitrogens with zero attached hydrogens (tertiary/aromatic N) is 3. The summed E-state index contributed by atoms with van der Waals surface area (Å²) in [6.07, 6.45) is 3.11. The Labute approximate surface area is 82.0 Å². The lowest BCUT2D eigenvalue weighted by molar-refractivity contribution is 0.0973. The van der Waals surface area contributed by atoms with E-state index in [9.17, 15) is 4.79 Å². The van der Waals surface area contributed by atoms with Crippen LogP contribution in [-0.2, 0) is 0 Å². The Kier molecular flexibility index (Phi) is 3.02. The van der Waals surface area contributed by atoms with Crippen LogP contribution in [-0.4, -0.2) is 25.0 Å². The van der Waals surface area contributed by atoms with Crippen molar-refractivity contribution in [3.63, 3.8) is 0 Å². The maximum atomic E-state index is 11.2. The molecule has 0 aliphatic rings. The Hall–Kier alpha value is -2.09. The van der Waals surface area contributed by atoms with E-state index in [1.807, 2.05) is 19.4 Å². The molecule has 0 aliphatic carbocycles. The molecule has 0 fully saturated rings. The SMILES string of the molecule is CN(C)c1cc(C(=O)NC#N)ccn1. The van der Waals surface area contributed by atoms with Gasteiger partial charge in [0.15, 0.2) is 6.19 Å². The van der Waals surface area contributed by atoms with Gasteiger partial charge < -0.3 is 4.90 Å². The molecule has 5 nitrogen and oxygen atoms in total. The molecule has 1 aromatic rings. The lowest BCUT2D eigenvalue weighted by Gasteiger charge is -2.11. The van der Waals surface area contributed by atoms with Gasteiger partial charge in [0, 0.05) is 25.9 Å². The molecule has 1 amide bonds. The predicted octanol–water partition coefficient (Wildman–Crippen LogP) is 0.358. The van der Waals surface area contributed by atoms with E-state index >= 15 is 0 Å². The quantitative estimate of drug-likeness (QED) is 0.540. The van der Waals surface area contributed by atoms with Crippen molar-refractivity contribution in [2.24, 2.45) is 0 Å². The van der Waals surface area contributed by atoms with Crippen LogP contribution >= 0.6 is 0 Å². The van der Waals surface area contributed by atoms with E-state index in [1.165, 1.54) is 6.20 Å². The summed E-state index contributed by atoms with van der Waals surface area (Å²) >= 11 is 0. The van der Waals surface area contributed by atoms with E-state index in [0.29, 0.717) is 11.4 Å². The van der Waals surface area contributed by atoms with Gasteiger partial charge in [0.1, 0.15) is 5.82 Å². The number of anilines is 1. The van der Waals surface area contributed by atoms with Crippen molar-refractivity contribution >= 4 is 11.7 Å². The van der Waals surface area contributed by atoms with Gasteiger partial charge >= 0.3 is 0 Å². The molecule has 0 atom stereocenters. The van der Waals surface area contributed by atoms with Gasteiger partial charge in [-0.25, -0.2) is 4.98 Å². The third kappa shape index (κ3) is 2.20. The van der Waals surface area contributed by atoms with Gasteiger partial charge in [0.25, 0.3) is 5.91 Å². The van der Waals surface area contributed by atoms with Crippen LogP contribution in [0.15, 0.2) is 18.3 Å². The molecular formula is C9H10N4O. The lowest BCUT2D eigenvalue weighted by Crippen LogP contribution is -2.18. The van der Waals surface area contributed by atoms with Crippen LogP contribution < -0.4 is 10.2 Å². The first-order valence-electron chi connectivity index (χ1n) is 3.98. The van der Waals surface area contributed by atoms with Crippen molar-refractivity contribution in [3.05, 3.63) is 23.9 Å². The molecule has 1 aromatic heterocycles. The van der Waals surface area contributed by atoms with Crippen LogP contribution in [0.2, 0.25) is 0 Å². The van der Waals surface area contributed by atoms with Gasteiger partial charge in [-0.05, 0) is 12.1 Å². The van der Waals surface area contributed by atoms with E-state index < -0.39 is 5.91 Å². The van der Waals surface area contributed by atoms with Gasteiger partial charge in [-0.15, -0.1) is 0 Å². The molecule has 0 saturated heterocycles. The summed E-state index contributed by atoms with van der Waals surface area (Å²) in [5, 5.41) is 10.3. The van der Waals surface area contributed by atoms with Crippen LogP contribution in [0, 0.1) is 11.5 Å². The summed E-state index contributed by atoms with van der Waals surface area (Å²) in [6.45, 7) is 0. The smallest absolute Gasteiger partial charge is 0.264 e. The zero-order chi connectivity index (χ0) is 10.6. The van der Waals surface area contributed by atoms with E-state index in [2.05, 4.69) is 4.98 Å². The van der Waals surface area contributed by atoms with Gasteiger partial charge in [-0.3, -0.25) is 10.1 Å². The average molecular weight is 190 g/mol. The van der Waals surface area contributed by atoms with Crippen LogP contribution in [0.1, 0.15) is 10.4 Å². The molecule has 0 aliphatic heterocycles. The normalized spacial score (nSPS) is 8.93. The second kappa shape index (κ2) is 4.23. The molecule has 1 heterocycles. The van der Waals surface area contributed by atoms with E-state index in [0.717, 1.165) is 0 Å². The van der Waals surface area contributed by atoms with Crippen molar-refractivity contribution in [3.8, 4) is 6.19 Å². The minimum Gasteiger partial charge on any atom is -0.363 e. The number of carbonyl (C=O) groups is 1. The molecule has 0 unspecified atom stereocenters. The Balaban J connectivity index is 2.95. The molecule has 0 bridgehead atoms. The number of aromatic nitrogens is 1. The van der Waals surface area contributed by atoms with Gasteiger partial charge in [0.05, 0.1) is 0 Å². The molecule has 0 saturated carbocycles. The Morgan fingerprint density at radius 1 is 1.64 bits per heavy atom. The first kappa shape index (κ1) is 9.99. The zero-order valence-corrected chi connectivity index (χ0v) is 7.98. The van der Waals surface area contributed by atoms with Crippen LogP contribution in [0.25, 0.3) is 0 Å². The van der Waals surface area contributed by atoms with Crippen molar-refractivity contribution in [2.75, 3.05) is 19.0 Å². The third-order valence-electron chi connectivity index (χ3n) is 1.64. The van der Waals surface area contributed by atoms with Crippen molar-refractivity contribution in [1.29, 1.82) is 5.26 Å². The van der Waals surface area contributed by atoms with Crippen molar-refractivity contribution in [2.45, 2.75) is 0 Å². The molecule has 0 spiro atoms. The topological polar surface area (TPSA) is 69.0 Å². The van der Waals surface area contributed by atoms with Crippen LogP contribution in [0.3, 0.4) is 0 Å². The summed E-state index contributed by atoms with van der Waals surface area (Å²) in [6, 6.07) is 3.17. The predicted molar refractivity (Wildman–Crippen MR) is 51.6 cm³/mol. The molecule has 1 N–H and O–H groups in total. The summed E-state index contributed by atoms with van der Waals surface area (Å²) < 4.78 is 0. The van der Waals surface area contributed by atoms with E-state index in [-0.39, 0.29) is 0 Å². The van der Waals surface area contributed by atoms with Gasteiger partial charge in [0.2, 0.25) is 0 Å². The second-order valence-electron chi connectivity index (χ2n) is 2.86. The Morgan fingerprint density at radius 2 is 2.36 bits per heavy atom. The first-order valence-corrected chi connectivity index (χ1v) is 3.98. The number of nitriles is 1. The van der Waals surface area contributed by atoms with Crippen molar-refractivity contribution in [1.82, 2.24) is 10.3 Å². The first-order chi connectivity index (χ1) is 6.65. The maximum absolute atomic E-state index is 11.2. The number of nitrogens with one attached hydrogen (secondary N) is 1. The summed E-state index contributed by atoms with van der Waals surface area (Å²) in [5.74, 6) is 0.258. The van der Waals surface area contributed by atoms with E-state index in [1.54, 1.807) is 23.2 Å². The number of amides is 1. The minimum absolute atomic E-state index is 0.419. The fraction of sp³-hybridized carbons (Fsp3) is 0.222. The monoisotopic (exact) mass is 190 g/mol. The highest BCUT2D eigenvalue weighted by Crippen LogP contribution is 2.08. The van der Waals surface area contributed by atoms with Crippen LogP contribution in [0.4, 0.5) is 5.82 Å². The zero-order valence-electron chi connectivity index (χ0n) is 7.98. The number of carbonyl (C=O) groups excluding carboxylic acids is 1. The molecule has 0 radical (unpaired) electrons. The highest BCUT2D eigenvalue weighted by molar-refractivity contribution is 5.95. The number of rotatable bonds is 2. The van der Waals surface area contributed by atoms with Crippen LogP contribution in [0.5, 0.6) is 0 Å². The molecule has 72 valence electrons. The lowest BCUT2D eigenvalue weighted by atomic mass is 10.2. The largest absolute Gasteiger partial charge is 0.363 e. The second-order valence-corrected chi connectivity index (χ2v) is 2.86. The highest BCUT2D eigenvalue weighted by atomic mass is 16.1. The van der Waals surface area contributed by atoms with Gasteiger partial charge in [-0.2, -0.15) is 5.26 Å². The minimum atomic E-state index is -0.419. The van der Waals surface area contributed by atoms with Gasteiger partial charge in [-0.1, -0.05) is 0 Å². The fourth-order valence-electron chi connectivity index (χ4n) is 0.927. The standard InChI is InChI=1S/C9H10N4O/c1-13(2)8-5-7(3-4-11-8)9(14)12-6-10/h3-5H,1-2H3,(H,12,14). The molecule has 14 heavy (non-hydrogen) atoms. The third-order valence-corrected chi connectivity index (χ3v) is 1.64. The Morgan fingerprint density at radius 3 is 2.93 bits per heavy atom. The molecule has 0 aromatic carbocycles.